The van der Waals surface area contributed by atoms with E-state index in [2.05, 4.69) is 6.92 Å². The van der Waals surface area contributed by atoms with Crippen molar-refractivity contribution in [3.63, 3.8) is 0 Å². The standard InChI is InChI=1S/C18H36O2.C6H15O3S/c1-2-3-4-5-6-7-8-9-10-11-12-13-14-15-16-17-18(19)20;7-1-4-10(5-2-8)6-3-9/h2-17H2,1H3,(H,19,20);7-9H,1-6H2/q;+1/p-1. The molecule has 30 heavy (non-hydrogen) atoms. The molecule has 0 unspecified atom stereocenters. The molecule has 0 aromatic heterocycles. The summed E-state index contributed by atoms with van der Waals surface area (Å²) in [5.41, 5.74) is 0. The smallest absolute Gasteiger partial charge is 0.131 e. The first-order valence-corrected chi connectivity index (χ1v) is 14.0. The number of hydrogen-bond acceptors (Lipinski definition) is 5. The van der Waals surface area contributed by atoms with E-state index in [9.17, 15) is 9.90 Å². The number of carbonyl (C=O) groups is 1. The molecule has 0 rings (SSSR count). The number of unbranched alkanes of at least 4 members (excludes halogenated alkanes) is 14. The lowest BCUT2D eigenvalue weighted by Gasteiger charge is -2.04. The Morgan fingerprint density at radius 2 is 0.900 bits per heavy atom. The maximum Gasteiger partial charge on any atom is 0.131 e. The van der Waals surface area contributed by atoms with Crippen LogP contribution in [0.1, 0.15) is 110 Å². The maximum atomic E-state index is 10.2. The van der Waals surface area contributed by atoms with E-state index in [1.54, 1.807) is 0 Å². The molecule has 0 aliphatic heterocycles. The lowest BCUT2D eigenvalue weighted by Crippen LogP contribution is -2.22. The lowest BCUT2D eigenvalue weighted by molar-refractivity contribution is -0.305. The quantitative estimate of drug-likeness (QED) is 0.173. The molecule has 0 fully saturated rings. The zero-order valence-electron chi connectivity index (χ0n) is 19.6. The van der Waals surface area contributed by atoms with Crippen LogP contribution < -0.4 is 5.11 Å². The summed E-state index contributed by atoms with van der Waals surface area (Å²) in [6.45, 7) is 2.73. The first-order valence-electron chi connectivity index (χ1n) is 12.3. The molecular formula is C24H50O5S. The molecule has 6 heteroatoms. The summed E-state index contributed by atoms with van der Waals surface area (Å²) in [7, 11) is 0.0255. The van der Waals surface area contributed by atoms with Crippen LogP contribution >= 0.6 is 0 Å². The summed E-state index contributed by atoms with van der Waals surface area (Å²) in [5.74, 6) is 1.23. The maximum absolute atomic E-state index is 10.2. The van der Waals surface area contributed by atoms with E-state index in [0.29, 0.717) is 17.3 Å². The minimum Gasteiger partial charge on any atom is -0.550 e. The highest BCUT2D eigenvalue weighted by molar-refractivity contribution is 7.96. The molecule has 182 valence electrons. The van der Waals surface area contributed by atoms with Gasteiger partial charge in [-0.25, -0.2) is 0 Å². The fourth-order valence-corrected chi connectivity index (χ4v) is 4.72. The van der Waals surface area contributed by atoms with Crippen molar-refractivity contribution in [1.29, 1.82) is 0 Å². The van der Waals surface area contributed by atoms with Gasteiger partial charge in [0.1, 0.15) is 17.3 Å². The normalized spacial score (nSPS) is 10.8. The van der Waals surface area contributed by atoms with E-state index in [4.69, 9.17) is 15.3 Å². The average molecular weight is 451 g/mol. The third-order valence-corrected chi connectivity index (χ3v) is 7.40. The van der Waals surface area contributed by atoms with Gasteiger partial charge >= 0.3 is 0 Å². The highest BCUT2D eigenvalue weighted by Gasteiger charge is 2.14. The topological polar surface area (TPSA) is 101 Å². The highest BCUT2D eigenvalue weighted by Crippen LogP contribution is 2.13. The van der Waals surface area contributed by atoms with E-state index in [1.807, 2.05) is 0 Å². The van der Waals surface area contributed by atoms with Crippen LogP contribution in [-0.4, -0.2) is 58.4 Å². The molecule has 0 saturated carbocycles. The Morgan fingerprint density at radius 1 is 0.600 bits per heavy atom. The molecule has 0 radical (unpaired) electrons. The summed E-state index contributed by atoms with van der Waals surface area (Å²) in [4.78, 5) is 10.2. The van der Waals surface area contributed by atoms with Crippen molar-refractivity contribution in [2.75, 3.05) is 37.1 Å². The summed E-state index contributed by atoms with van der Waals surface area (Å²) in [6, 6.07) is 0. The Labute approximate surface area is 189 Å². The second-order valence-electron chi connectivity index (χ2n) is 7.97. The first kappa shape index (κ1) is 31.9. The molecule has 5 nitrogen and oxygen atoms in total. The van der Waals surface area contributed by atoms with E-state index in [-0.39, 0.29) is 37.1 Å². The number of aliphatic hydroxyl groups is 3. The predicted molar refractivity (Wildman–Crippen MR) is 128 cm³/mol. The number of aliphatic carboxylic acids is 1. The molecule has 0 heterocycles. The van der Waals surface area contributed by atoms with Crippen LogP contribution in [0, 0.1) is 0 Å². The van der Waals surface area contributed by atoms with Crippen LogP contribution in [0.3, 0.4) is 0 Å². The average Bonchev–Trinajstić information content (AvgIpc) is 2.72. The Balaban J connectivity index is 0. The van der Waals surface area contributed by atoms with Gasteiger partial charge in [-0.2, -0.15) is 0 Å². The van der Waals surface area contributed by atoms with Crippen molar-refractivity contribution in [1.82, 2.24) is 0 Å². The highest BCUT2D eigenvalue weighted by atomic mass is 32.2. The summed E-state index contributed by atoms with van der Waals surface area (Å²) >= 11 is 0. The third-order valence-electron chi connectivity index (χ3n) is 5.12. The molecule has 0 bridgehead atoms. The van der Waals surface area contributed by atoms with Gasteiger partial charge in [0.15, 0.2) is 0 Å². The van der Waals surface area contributed by atoms with Gasteiger partial charge in [-0.1, -0.05) is 96.8 Å². The van der Waals surface area contributed by atoms with Crippen LogP contribution in [0.4, 0.5) is 0 Å². The number of carboxylic acids is 1. The summed E-state index contributed by atoms with van der Waals surface area (Å²) in [6.07, 6.45) is 19.9. The second-order valence-corrected chi connectivity index (χ2v) is 10.4. The third kappa shape index (κ3) is 29.9. The van der Waals surface area contributed by atoms with E-state index < -0.39 is 5.97 Å². The monoisotopic (exact) mass is 450 g/mol. The lowest BCUT2D eigenvalue weighted by atomic mass is 10.0. The molecule has 0 aliphatic rings. The van der Waals surface area contributed by atoms with Crippen molar-refractivity contribution in [3.8, 4) is 0 Å². The van der Waals surface area contributed by atoms with Gasteiger partial charge < -0.3 is 25.2 Å². The van der Waals surface area contributed by atoms with Crippen LogP contribution in [0.25, 0.3) is 0 Å². The summed E-state index contributed by atoms with van der Waals surface area (Å²) < 4.78 is 0. The van der Waals surface area contributed by atoms with Gasteiger partial charge in [0.2, 0.25) is 0 Å². The zero-order valence-corrected chi connectivity index (χ0v) is 20.4. The molecule has 3 N–H and O–H groups in total. The van der Waals surface area contributed by atoms with Gasteiger partial charge in [-0.3, -0.25) is 0 Å². The predicted octanol–water partition coefficient (Wildman–Crippen LogP) is 3.58. The fourth-order valence-electron chi connectivity index (χ4n) is 3.33. The molecular weight excluding hydrogens is 400 g/mol. The minimum absolute atomic E-state index is 0.0255. The Kier molecular flexibility index (Phi) is 30.5. The molecule has 0 amide bonds. The van der Waals surface area contributed by atoms with Gasteiger partial charge in [0.05, 0.1) is 19.8 Å². The number of rotatable bonds is 22. The SMILES string of the molecule is CCCCCCCCCCCCCCCCCC(=O)[O-].OCC[S+](CCO)CCO. The van der Waals surface area contributed by atoms with Crippen LogP contribution in [-0.2, 0) is 15.7 Å². The van der Waals surface area contributed by atoms with Crippen molar-refractivity contribution in [2.24, 2.45) is 0 Å². The van der Waals surface area contributed by atoms with Crippen molar-refractivity contribution in [3.05, 3.63) is 0 Å². The number of aliphatic hydroxyl groups excluding tert-OH is 3. The molecule has 0 atom stereocenters. The van der Waals surface area contributed by atoms with Crippen molar-refractivity contribution < 1.29 is 25.2 Å². The van der Waals surface area contributed by atoms with Gasteiger partial charge in [-0.05, 0) is 23.7 Å². The zero-order chi connectivity index (χ0) is 22.7. The van der Waals surface area contributed by atoms with Gasteiger partial charge in [-0.15, -0.1) is 0 Å². The van der Waals surface area contributed by atoms with Crippen molar-refractivity contribution >= 4 is 16.9 Å². The fraction of sp³-hybridized carbons (Fsp3) is 0.958. The molecule has 0 spiro atoms. The Morgan fingerprint density at radius 3 is 1.17 bits per heavy atom. The molecule has 0 aliphatic carbocycles. The first-order chi connectivity index (χ1) is 14.6. The Bertz CT molecular complexity index is 314. The van der Waals surface area contributed by atoms with Gasteiger partial charge in [0.25, 0.3) is 0 Å². The van der Waals surface area contributed by atoms with E-state index >= 15 is 0 Å². The second kappa shape index (κ2) is 28.7. The van der Waals surface area contributed by atoms with Crippen LogP contribution in [0.15, 0.2) is 0 Å². The van der Waals surface area contributed by atoms with Crippen LogP contribution in [0.5, 0.6) is 0 Å². The minimum atomic E-state index is -0.903. The molecule has 0 aromatic rings. The summed E-state index contributed by atoms with van der Waals surface area (Å²) in [5, 5.41) is 35.8. The number of carboxylic acid groups (broad SMARTS) is 1. The van der Waals surface area contributed by atoms with Gasteiger partial charge in [0, 0.05) is 5.97 Å². The van der Waals surface area contributed by atoms with Crippen LogP contribution in [0.2, 0.25) is 0 Å². The molecule has 0 aromatic carbocycles. The largest absolute Gasteiger partial charge is 0.550 e. The Hall–Kier alpha value is -0.300. The molecule has 0 saturated heterocycles. The van der Waals surface area contributed by atoms with Crippen molar-refractivity contribution in [2.45, 2.75) is 110 Å². The number of carbonyl (C=O) groups excluding carboxylic acids is 1. The van der Waals surface area contributed by atoms with E-state index in [0.717, 1.165) is 12.8 Å². The van der Waals surface area contributed by atoms with E-state index in [1.165, 1.54) is 83.5 Å². The number of hydrogen-bond donors (Lipinski definition) is 3.